The van der Waals surface area contributed by atoms with Crippen LogP contribution in [0.4, 0.5) is 4.39 Å². The van der Waals surface area contributed by atoms with Gasteiger partial charge in [0.1, 0.15) is 5.82 Å². The van der Waals surface area contributed by atoms with E-state index in [1.165, 1.54) is 17.7 Å². The monoisotopic (exact) mass is 271 g/mol. The first-order valence-corrected chi connectivity index (χ1v) is 7.17. The molecule has 2 aromatic rings. The van der Waals surface area contributed by atoms with Crippen molar-refractivity contribution in [3.8, 4) is 0 Å². The molecule has 0 bridgehead atoms. The number of hydrogen-bond acceptors (Lipinski definition) is 1. The Balaban J connectivity index is 1.91. The van der Waals surface area contributed by atoms with E-state index in [1.54, 1.807) is 0 Å². The lowest BCUT2D eigenvalue weighted by Crippen LogP contribution is -2.24. The summed E-state index contributed by atoms with van der Waals surface area (Å²) in [5.41, 5.74) is 2.48. The summed E-state index contributed by atoms with van der Waals surface area (Å²) < 4.78 is 12.8. The van der Waals surface area contributed by atoms with Gasteiger partial charge in [-0.05, 0) is 35.1 Å². The number of benzene rings is 2. The first-order chi connectivity index (χ1) is 9.66. The molecule has 0 aliphatic carbocycles. The molecular weight excluding hydrogens is 249 g/mol. The molecule has 0 saturated carbocycles. The number of hydrogen-bond donors (Lipinski definition) is 1. The van der Waals surface area contributed by atoms with Crippen LogP contribution < -0.4 is 5.32 Å². The zero-order valence-corrected chi connectivity index (χ0v) is 12.1. The van der Waals surface area contributed by atoms with E-state index in [0.29, 0.717) is 11.8 Å². The van der Waals surface area contributed by atoms with Gasteiger partial charge in [-0.2, -0.15) is 0 Å². The highest BCUT2D eigenvalue weighted by molar-refractivity contribution is 5.21. The van der Waals surface area contributed by atoms with Gasteiger partial charge in [0.2, 0.25) is 0 Å². The van der Waals surface area contributed by atoms with Crippen molar-refractivity contribution < 1.29 is 4.39 Å². The van der Waals surface area contributed by atoms with Gasteiger partial charge in [0.05, 0.1) is 0 Å². The van der Waals surface area contributed by atoms with E-state index in [4.69, 9.17) is 0 Å². The predicted molar refractivity (Wildman–Crippen MR) is 82.1 cm³/mol. The lowest BCUT2D eigenvalue weighted by Gasteiger charge is -2.22. The number of nitrogens with one attached hydrogen (secondary N) is 1. The highest BCUT2D eigenvalue weighted by Gasteiger charge is 2.14. The van der Waals surface area contributed by atoms with Crippen LogP contribution in [0.1, 0.15) is 30.9 Å². The Bertz CT molecular complexity index is 505. The largest absolute Gasteiger partial charge is 0.312 e. The Morgan fingerprint density at radius 2 is 1.60 bits per heavy atom. The van der Waals surface area contributed by atoms with Crippen molar-refractivity contribution >= 4 is 0 Å². The summed E-state index contributed by atoms with van der Waals surface area (Å²) in [6.45, 7) is 6.20. The van der Waals surface area contributed by atoms with Crippen molar-refractivity contribution in [1.29, 1.82) is 0 Å². The van der Waals surface area contributed by atoms with E-state index in [9.17, 15) is 4.39 Å². The molecule has 0 radical (unpaired) electrons. The second-order valence-corrected chi connectivity index (χ2v) is 5.52. The minimum absolute atomic E-state index is 0.182. The van der Waals surface area contributed by atoms with Gasteiger partial charge in [-0.1, -0.05) is 56.3 Å². The Labute approximate surface area is 120 Å². The van der Waals surface area contributed by atoms with Crippen LogP contribution in [0, 0.1) is 11.7 Å². The minimum atomic E-state index is -0.182. The fourth-order valence-electron chi connectivity index (χ4n) is 2.41. The Morgan fingerprint density at radius 3 is 2.20 bits per heavy atom. The van der Waals surface area contributed by atoms with Gasteiger partial charge in [0.15, 0.2) is 0 Å². The van der Waals surface area contributed by atoms with E-state index in [1.807, 2.05) is 18.2 Å². The molecule has 0 saturated heterocycles. The van der Waals surface area contributed by atoms with Gasteiger partial charge in [-0.25, -0.2) is 4.39 Å². The highest BCUT2D eigenvalue weighted by atomic mass is 19.1. The molecular formula is C18H22FN. The maximum Gasteiger partial charge on any atom is 0.123 e. The van der Waals surface area contributed by atoms with Crippen molar-refractivity contribution in [3.05, 3.63) is 71.5 Å². The third-order valence-corrected chi connectivity index (χ3v) is 3.64. The van der Waals surface area contributed by atoms with Gasteiger partial charge in [-0.3, -0.25) is 0 Å². The summed E-state index contributed by atoms with van der Waals surface area (Å²) in [4.78, 5) is 0. The SMILES string of the molecule is CC(C)C(CNCc1ccc(F)cc1)c1ccccc1. The molecule has 1 atom stereocenters. The molecule has 0 spiro atoms. The maximum absolute atomic E-state index is 12.8. The first-order valence-electron chi connectivity index (χ1n) is 7.17. The molecule has 0 aliphatic rings. The van der Waals surface area contributed by atoms with Gasteiger partial charge in [-0.15, -0.1) is 0 Å². The Hall–Kier alpha value is -1.67. The standard InChI is InChI=1S/C18H22FN/c1-14(2)18(16-6-4-3-5-7-16)13-20-12-15-8-10-17(19)11-9-15/h3-11,14,18,20H,12-13H2,1-2H3. The molecule has 2 aromatic carbocycles. The Morgan fingerprint density at radius 1 is 0.950 bits per heavy atom. The van der Waals surface area contributed by atoms with Crippen LogP contribution in [0.25, 0.3) is 0 Å². The zero-order chi connectivity index (χ0) is 14.4. The van der Waals surface area contributed by atoms with Crippen molar-refractivity contribution in [3.63, 3.8) is 0 Å². The minimum Gasteiger partial charge on any atom is -0.312 e. The van der Waals surface area contributed by atoms with Crippen molar-refractivity contribution in [2.24, 2.45) is 5.92 Å². The van der Waals surface area contributed by atoms with E-state index in [-0.39, 0.29) is 5.82 Å². The van der Waals surface area contributed by atoms with E-state index >= 15 is 0 Å². The van der Waals surface area contributed by atoms with Crippen LogP contribution in [0.2, 0.25) is 0 Å². The molecule has 0 aromatic heterocycles. The van der Waals surface area contributed by atoms with Gasteiger partial charge < -0.3 is 5.32 Å². The zero-order valence-electron chi connectivity index (χ0n) is 12.1. The second-order valence-electron chi connectivity index (χ2n) is 5.52. The summed E-state index contributed by atoms with van der Waals surface area (Å²) in [5, 5.41) is 3.48. The van der Waals surface area contributed by atoms with Crippen LogP contribution in [-0.4, -0.2) is 6.54 Å². The summed E-state index contributed by atoms with van der Waals surface area (Å²) in [6.07, 6.45) is 0. The van der Waals surface area contributed by atoms with Crippen LogP contribution in [0.5, 0.6) is 0 Å². The molecule has 0 amide bonds. The lowest BCUT2D eigenvalue weighted by molar-refractivity contribution is 0.461. The van der Waals surface area contributed by atoms with Crippen molar-refractivity contribution in [2.75, 3.05) is 6.54 Å². The molecule has 20 heavy (non-hydrogen) atoms. The molecule has 2 rings (SSSR count). The second kappa shape index (κ2) is 7.20. The number of halogens is 1. The normalized spacial score (nSPS) is 12.6. The third-order valence-electron chi connectivity index (χ3n) is 3.64. The van der Waals surface area contributed by atoms with Crippen molar-refractivity contribution in [2.45, 2.75) is 26.3 Å². The molecule has 0 heterocycles. The molecule has 1 unspecified atom stereocenters. The van der Waals surface area contributed by atoms with Crippen molar-refractivity contribution in [1.82, 2.24) is 5.32 Å². The molecule has 106 valence electrons. The average molecular weight is 271 g/mol. The summed E-state index contributed by atoms with van der Waals surface area (Å²) in [7, 11) is 0. The van der Waals surface area contributed by atoms with Gasteiger partial charge in [0, 0.05) is 13.1 Å². The molecule has 1 N–H and O–H groups in total. The summed E-state index contributed by atoms with van der Waals surface area (Å²) in [5.74, 6) is 0.896. The van der Waals surface area contributed by atoms with Gasteiger partial charge >= 0.3 is 0 Å². The van der Waals surface area contributed by atoms with Crippen LogP contribution in [0.3, 0.4) is 0 Å². The van der Waals surface area contributed by atoms with Gasteiger partial charge in [0.25, 0.3) is 0 Å². The van der Waals surface area contributed by atoms with Crippen LogP contribution >= 0.6 is 0 Å². The number of rotatable bonds is 6. The fraction of sp³-hybridized carbons (Fsp3) is 0.333. The van der Waals surface area contributed by atoms with E-state index < -0.39 is 0 Å². The quantitative estimate of drug-likeness (QED) is 0.823. The average Bonchev–Trinajstić information content (AvgIpc) is 2.46. The first kappa shape index (κ1) is 14.7. The van der Waals surface area contributed by atoms with Crippen LogP contribution in [0.15, 0.2) is 54.6 Å². The maximum atomic E-state index is 12.8. The molecule has 0 aliphatic heterocycles. The predicted octanol–water partition coefficient (Wildman–Crippen LogP) is 4.36. The molecule has 1 nitrogen and oxygen atoms in total. The Kier molecular flexibility index (Phi) is 5.31. The topological polar surface area (TPSA) is 12.0 Å². The smallest absolute Gasteiger partial charge is 0.123 e. The molecule has 2 heteroatoms. The summed E-state index contributed by atoms with van der Waals surface area (Å²) >= 11 is 0. The van der Waals surface area contributed by atoms with E-state index in [0.717, 1.165) is 18.7 Å². The highest BCUT2D eigenvalue weighted by Crippen LogP contribution is 2.23. The molecule has 0 fully saturated rings. The fourth-order valence-corrected chi connectivity index (χ4v) is 2.41. The van der Waals surface area contributed by atoms with E-state index in [2.05, 4.69) is 43.4 Å². The van der Waals surface area contributed by atoms with Crippen LogP contribution in [-0.2, 0) is 6.54 Å². The summed E-state index contributed by atoms with van der Waals surface area (Å²) in [6, 6.07) is 17.3. The third kappa shape index (κ3) is 4.17. The lowest BCUT2D eigenvalue weighted by atomic mass is 9.88.